The maximum absolute atomic E-state index is 10.8. The molecule has 0 spiro atoms. The first-order chi connectivity index (χ1) is 5.52. The van der Waals surface area contributed by atoms with E-state index in [1.807, 2.05) is 0 Å². The topological polar surface area (TPSA) is 89.6 Å². The van der Waals surface area contributed by atoms with Crippen LogP contribution in [0.3, 0.4) is 0 Å². The van der Waals surface area contributed by atoms with Crippen LogP contribution in [0.15, 0.2) is 0 Å². The van der Waals surface area contributed by atoms with Gasteiger partial charge >= 0.3 is 11.9 Å². The van der Waals surface area contributed by atoms with Gasteiger partial charge in [0.2, 0.25) is 0 Å². The minimum absolute atomic E-state index is 0.0126. The molecule has 0 amide bonds. The molecule has 0 bridgehead atoms. The summed E-state index contributed by atoms with van der Waals surface area (Å²) in [7, 11) is 0. The van der Waals surface area contributed by atoms with E-state index in [-0.39, 0.29) is 6.42 Å². The number of hydrogen-bond acceptors (Lipinski definition) is 4. The van der Waals surface area contributed by atoms with Crippen molar-refractivity contribution < 1.29 is 19.4 Å². The highest BCUT2D eigenvalue weighted by Crippen LogP contribution is 2.20. The lowest BCUT2D eigenvalue weighted by Crippen LogP contribution is -2.49. The van der Waals surface area contributed by atoms with Crippen LogP contribution in [0.25, 0.3) is 0 Å². The van der Waals surface area contributed by atoms with Crippen LogP contribution in [0.2, 0.25) is 0 Å². The molecule has 1 fully saturated rings. The largest absolute Gasteiger partial charge is 0.481 e. The Hall–Kier alpha value is -1.10. The number of hydrogen-bond donors (Lipinski definition) is 2. The molecule has 1 heterocycles. The minimum Gasteiger partial charge on any atom is -0.481 e. The van der Waals surface area contributed by atoms with Crippen molar-refractivity contribution in [2.75, 3.05) is 0 Å². The van der Waals surface area contributed by atoms with E-state index in [4.69, 9.17) is 15.6 Å². The number of carbonyl (C=O) groups is 2. The van der Waals surface area contributed by atoms with E-state index in [1.54, 1.807) is 0 Å². The molecule has 1 aliphatic heterocycles. The lowest BCUT2D eigenvalue weighted by Gasteiger charge is -2.30. The van der Waals surface area contributed by atoms with Gasteiger partial charge in [-0.1, -0.05) is 0 Å². The van der Waals surface area contributed by atoms with Crippen molar-refractivity contribution in [1.82, 2.24) is 0 Å². The van der Waals surface area contributed by atoms with Gasteiger partial charge in [-0.3, -0.25) is 9.59 Å². The molecule has 0 saturated carbocycles. The minimum atomic E-state index is -1.01. The third kappa shape index (κ3) is 1.55. The molecule has 1 rings (SSSR count). The first-order valence-corrected chi connectivity index (χ1v) is 3.70. The quantitative estimate of drug-likeness (QED) is 0.514. The number of ether oxygens (including phenoxy) is 1. The molecule has 3 N–H and O–H groups in total. The van der Waals surface area contributed by atoms with Crippen LogP contribution in [0.5, 0.6) is 0 Å². The van der Waals surface area contributed by atoms with Crippen molar-refractivity contribution in [3.63, 3.8) is 0 Å². The fourth-order valence-electron chi connectivity index (χ4n) is 1.38. The molecule has 5 nitrogen and oxygen atoms in total. The number of carbonyl (C=O) groups excluding carboxylic acids is 1. The van der Waals surface area contributed by atoms with Gasteiger partial charge in [0.1, 0.15) is 12.0 Å². The van der Waals surface area contributed by atoms with Crippen LogP contribution in [0.1, 0.15) is 13.3 Å². The predicted molar refractivity (Wildman–Crippen MR) is 39.3 cm³/mol. The van der Waals surface area contributed by atoms with Crippen molar-refractivity contribution in [2.24, 2.45) is 11.7 Å². The summed E-state index contributed by atoms with van der Waals surface area (Å²) < 4.78 is 4.73. The van der Waals surface area contributed by atoms with Crippen LogP contribution in [-0.4, -0.2) is 29.2 Å². The first-order valence-electron chi connectivity index (χ1n) is 3.70. The predicted octanol–water partition coefficient (Wildman–Crippen LogP) is -0.650. The van der Waals surface area contributed by atoms with Gasteiger partial charge in [-0.2, -0.15) is 0 Å². The number of esters is 1. The molecule has 2 unspecified atom stereocenters. The van der Waals surface area contributed by atoms with Gasteiger partial charge in [0.25, 0.3) is 0 Å². The fraction of sp³-hybridized carbons (Fsp3) is 0.714. The average Bonchev–Trinajstić information content (AvgIpc) is 1.82. The van der Waals surface area contributed by atoms with Crippen LogP contribution >= 0.6 is 0 Å². The fourth-order valence-corrected chi connectivity index (χ4v) is 1.38. The maximum atomic E-state index is 10.8. The number of aliphatic carboxylic acids is 1. The Bertz CT molecular complexity index is 201. The van der Waals surface area contributed by atoms with Gasteiger partial charge in [-0.25, -0.2) is 0 Å². The van der Waals surface area contributed by atoms with E-state index >= 15 is 0 Å². The first kappa shape index (κ1) is 8.99. The van der Waals surface area contributed by atoms with Crippen LogP contribution < -0.4 is 5.73 Å². The highest BCUT2D eigenvalue weighted by Gasteiger charge is 2.38. The second-order valence-corrected chi connectivity index (χ2v) is 2.93. The third-order valence-electron chi connectivity index (χ3n) is 1.97. The molecule has 68 valence electrons. The molecule has 0 aromatic carbocycles. The van der Waals surface area contributed by atoms with Gasteiger partial charge in [0, 0.05) is 6.04 Å². The molecular formula is C7H11NO4. The lowest BCUT2D eigenvalue weighted by molar-refractivity contribution is -0.166. The van der Waals surface area contributed by atoms with E-state index < -0.39 is 30.0 Å². The van der Waals surface area contributed by atoms with E-state index in [1.165, 1.54) is 6.92 Å². The summed E-state index contributed by atoms with van der Waals surface area (Å²) in [4.78, 5) is 21.4. The summed E-state index contributed by atoms with van der Waals surface area (Å²) in [5.41, 5.74) is 5.48. The molecule has 0 aromatic rings. The number of carboxylic acids is 1. The number of cyclic esters (lactones) is 1. The Morgan fingerprint density at radius 1 is 1.75 bits per heavy atom. The molecule has 0 aliphatic carbocycles. The van der Waals surface area contributed by atoms with E-state index in [0.29, 0.717) is 0 Å². The average molecular weight is 173 g/mol. The molecule has 1 saturated heterocycles. The normalized spacial score (nSPS) is 35.8. The van der Waals surface area contributed by atoms with Crippen molar-refractivity contribution in [1.29, 1.82) is 0 Å². The molecule has 0 radical (unpaired) electrons. The van der Waals surface area contributed by atoms with Gasteiger partial charge in [-0.05, 0) is 6.92 Å². The van der Waals surface area contributed by atoms with Gasteiger partial charge < -0.3 is 15.6 Å². The Morgan fingerprint density at radius 2 is 2.33 bits per heavy atom. The monoisotopic (exact) mass is 173 g/mol. The Morgan fingerprint density at radius 3 is 2.75 bits per heavy atom. The molecule has 1 aliphatic rings. The summed E-state index contributed by atoms with van der Waals surface area (Å²) in [6.45, 7) is 1.54. The second-order valence-electron chi connectivity index (χ2n) is 2.93. The van der Waals surface area contributed by atoms with Gasteiger partial charge in [-0.15, -0.1) is 0 Å². The van der Waals surface area contributed by atoms with E-state index in [2.05, 4.69) is 0 Å². The van der Waals surface area contributed by atoms with Crippen LogP contribution in [0, 0.1) is 5.92 Å². The molecule has 0 aromatic heterocycles. The summed E-state index contributed by atoms with van der Waals surface area (Å²) in [5, 5.41) is 8.69. The second kappa shape index (κ2) is 3.10. The molecule has 5 heteroatoms. The molecule has 12 heavy (non-hydrogen) atoms. The van der Waals surface area contributed by atoms with Crippen LogP contribution in [-0.2, 0) is 14.3 Å². The summed E-state index contributed by atoms with van der Waals surface area (Å²) >= 11 is 0. The van der Waals surface area contributed by atoms with Gasteiger partial charge in [0.15, 0.2) is 0 Å². The zero-order valence-corrected chi connectivity index (χ0v) is 6.69. The third-order valence-corrected chi connectivity index (χ3v) is 1.97. The molecule has 3 atom stereocenters. The SMILES string of the molecule is C[C@@H]1OC(=O)CC(N)C1C(=O)O. The zero-order valence-electron chi connectivity index (χ0n) is 6.69. The van der Waals surface area contributed by atoms with E-state index in [0.717, 1.165) is 0 Å². The van der Waals surface area contributed by atoms with Crippen molar-refractivity contribution >= 4 is 11.9 Å². The summed E-state index contributed by atoms with van der Waals surface area (Å²) in [5.74, 6) is -2.21. The van der Waals surface area contributed by atoms with Crippen molar-refractivity contribution in [3.05, 3.63) is 0 Å². The summed E-state index contributed by atoms with van der Waals surface area (Å²) in [6, 6.07) is -0.626. The Labute approximate surface area is 69.5 Å². The molecular weight excluding hydrogens is 162 g/mol. The zero-order chi connectivity index (χ0) is 9.30. The lowest BCUT2D eigenvalue weighted by atomic mass is 9.90. The van der Waals surface area contributed by atoms with Crippen molar-refractivity contribution in [2.45, 2.75) is 25.5 Å². The van der Waals surface area contributed by atoms with Gasteiger partial charge in [0.05, 0.1) is 6.42 Å². The van der Waals surface area contributed by atoms with Crippen LogP contribution in [0.4, 0.5) is 0 Å². The smallest absolute Gasteiger partial charge is 0.311 e. The summed E-state index contributed by atoms with van der Waals surface area (Å²) in [6.07, 6.45) is -0.639. The standard InChI is InChI=1S/C7H11NO4/c1-3-6(7(10)11)4(8)2-5(9)12-3/h3-4,6H,2,8H2,1H3,(H,10,11)/t3-,4?,6?/m0/s1. The highest BCUT2D eigenvalue weighted by atomic mass is 16.5. The maximum Gasteiger partial charge on any atom is 0.311 e. The Balaban J connectivity index is 2.73. The highest BCUT2D eigenvalue weighted by molar-refractivity contribution is 5.78. The van der Waals surface area contributed by atoms with E-state index in [9.17, 15) is 9.59 Å². The van der Waals surface area contributed by atoms with Crippen molar-refractivity contribution in [3.8, 4) is 0 Å². The number of carboxylic acid groups (broad SMARTS) is 1. The number of nitrogens with two attached hydrogens (primary N) is 1. The Kier molecular flexibility index (Phi) is 2.32. The number of rotatable bonds is 1.